The number of carbonyl (C=O) groups excluding carboxylic acids is 1. The molecule has 6 heteroatoms. The number of rotatable bonds is 1. The predicted molar refractivity (Wildman–Crippen MR) is 77.4 cm³/mol. The zero-order chi connectivity index (χ0) is 16.7. The molecule has 0 bridgehead atoms. The van der Waals surface area contributed by atoms with Crippen molar-refractivity contribution in [1.82, 2.24) is 0 Å². The summed E-state index contributed by atoms with van der Waals surface area (Å²) in [5.74, 6) is -2.59. The van der Waals surface area contributed by atoms with Crippen molar-refractivity contribution in [3.05, 3.63) is 58.2 Å². The Morgan fingerprint density at radius 2 is 2.04 bits per heavy atom. The first kappa shape index (κ1) is 15.2. The molecule has 2 atom stereocenters. The number of ether oxygens (including phenoxy) is 1. The topological polar surface area (TPSA) is 76.1 Å². The van der Waals surface area contributed by atoms with Crippen molar-refractivity contribution >= 4 is 5.78 Å². The van der Waals surface area contributed by atoms with Crippen LogP contribution in [0.2, 0.25) is 0 Å². The molecule has 0 spiro atoms. The lowest BCUT2D eigenvalue weighted by Crippen LogP contribution is -2.29. The third-order valence-electron chi connectivity index (χ3n) is 4.14. The molecule has 0 saturated carbocycles. The number of Topliss-reactive ketones (excluding diaryl/α,β-unsaturated/α-hetero) is 1. The number of nitrogens with two attached hydrogens (primary N) is 1. The zero-order valence-electron chi connectivity index (χ0n) is 12.4. The van der Waals surface area contributed by atoms with Gasteiger partial charge in [0.1, 0.15) is 17.4 Å². The van der Waals surface area contributed by atoms with Gasteiger partial charge in [-0.15, -0.1) is 0 Å². The first-order valence-electron chi connectivity index (χ1n) is 7.21. The van der Waals surface area contributed by atoms with E-state index in [0.29, 0.717) is 29.7 Å². The first-order chi connectivity index (χ1) is 10.9. The smallest absolute Gasteiger partial charge is 0.205 e. The van der Waals surface area contributed by atoms with Crippen LogP contribution in [0.15, 0.2) is 41.0 Å². The van der Waals surface area contributed by atoms with Crippen molar-refractivity contribution < 1.29 is 18.3 Å². The number of carbonyl (C=O) groups is 1. The van der Waals surface area contributed by atoms with Gasteiger partial charge in [-0.3, -0.25) is 4.79 Å². The number of hydrogen-bond donors (Lipinski definition) is 1. The Bertz CT molecular complexity index is 805. The monoisotopic (exact) mass is 316 g/mol. The van der Waals surface area contributed by atoms with Gasteiger partial charge in [-0.2, -0.15) is 5.26 Å². The summed E-state index contributed by atoms with van der Waals surface area (Å²) < 4.78 is 32.3. The number of nitriles is 1. The molecule has 23 heavy (non-hydrogen) atoms. The fourth-order valence-corrected chi connectivity index (χ4v) is 3.12. The van der Waals surface area contributed by atoms with Crippen molar-refractivity contribution in [3.8, 4) is 6.07 Å². The minimum Gasteiger partial charge on any atom is -0.444 e. The lowest BCUT2D eigenvalue weighted by molar-refractivity contribution is -0.117. The molecule has 2 aliphatic rings. The molecule has 0 radical (unpaired) electrons. The Morgan fingerprint density at radius 3 is 2.70 bits per heavy atom. The van der Waals surface area contributed by atoms with Crippen molar-refractivity contribution in [2.75, 3.05) is 0 Å². The molecule has 2 unspecified atom stereocenters. The number of halogens is 2. The fourth-order valence-electron chi connectivity index (χ4n) is 3.12. The van der Waals surface area contributed by atoms with Gasteiger partial charge in [0.2, 0.25) is 5.88 Å². The largest absolute Gasteiger partial charge is 0.444 e. The summed E-state index contributed by atoms with van der Waals surface area (Å²) in [6.45, 7) is 1.91. The Kier molecular flexibility index (Phi) is 3.64. The van der Waals surface area contributed by atoms with Crippen LogP contribution in [0.3, 0.4) is 0 Å². The highest BCUT2D eigenvalue weighted by atomic mass is 19.2. The van der Waals surface area contributed by atoms with Crippen LogP contribution in [0.5, 0.6) is 0 Å². The van der Waals surface area contributed by atoms with E-state index in [1.165, 1.54) is 6.07 Å². The van der Waals surface area contributed by atoms with Crippen LogP contribution in [0, 0.1) is 28.9 Å². The minimum absolute atomic E-state index is 0.0395. The van der Waals surface area contributed by atoms with Crippen LogP contribution in [0.1, 0.15) is 31.2 Å². The summed E-state index contributed by atoms with van der Waals surface area (Å²) in [4.78, 5) is 12.5. The normalized spacial score (nSPS) is 24.2. The second-order valence-electron chi connectivity index (χ2n) is 5.87. The summed E-state index contributed by atoms with van der Waals surface area (Å²) in [7, 11) is 0. The number of ketones is 1. The van der Waals surface area contributed by atoms with E-state index in [1.807, 2.05) is 13.0 Å². The van der Waals surface area contributed by atoms with Gasteiger partial charge < -0.3 is 10.5 Å². The second-order valence-corrected chi connectivity index (χ2v) is 5.87. The number of benzene rings is 1. The van der Waals surface area contributed by atoms with Gasteiger partial charge in [-0.05, 0) is 23.6 Å². The Hall–Kier alpha value is -2.68. The van der Waals surface area contributed by atoms with E-state index in [2.05, 4.69) is 0 Å². The first-order valence-corrected chi connectivity index (χ1v) is 7.21. The zero-order valence-corrected chi connectivity index (χ0v) is 12.4. The third kappa shape index (κ3) is 2.48. The lowest BCUT2D eigenvalue weighted by atomic mass is 9.75. The van der Waals surface area contributed by atoms with E-state index in [0.717, 1.165) is 12.1 Å². The molecule has 2 N–H and O–H groups in total. The average molecular weight is 316 g/mol. The van der Waals surface area contributed by atoms with Gasteiger partial charge in [0.05, 0.1) is 5.92 Å². The van der Waals surface area contributed by atoms with Gasteiger partial charge in [0.15, 0.2) is 17.4 Å². The molecule has 1 aliphatic heterocycles. The summed E-state index contributed by atoms with van der Waals surface area (Å²) in [6, 6.07) is 5.25. The third-order valence-corrected chi connectivity index (χ3v) is 4.14. The summed E-state index contributed by atoms with van der Waals surface area (Å²) >= 11 is 0. The van der Waals surface area contributed by atoms with Crippen molar-refractivity contribution in [1.29, 1.82) is 5.26 Å². The van der Waals surface area contributed by atoms with E-state index in [-0.39, 0.29) is 23.2 Å². The molecular formula is C17H14F2N2O2. The molecule has 1 aromatic carbocycles. The predicted octanol–water partition coefficient (Wildman–Crippen LogP) is 3.03. The van der Waals surface area contributed by atoms with E-state index >= 15 is 0 Å². The van der Waals surface area contributed by atoms with E-state index < -0.39 is 17.6 Å². The maximum atomic E-state index is 13.6. The fraction of sp³-hybridized carbons (Fsp3) is 0.294. The molecule has 4 nitrogen and oxygen atoms in total. The second kappa shape index (κ2) is 5.51. The van der Waals surface area contributed by atoms with Gasteiger partial charge in [-0.25, -0.2) is 8.78 Å². The summed E-state index contributed by atoms with van der Waals surface area (Å²) in [5.41, 5.74) is 6.47. The number of nitrogens with zero attached hydrogens (tertiary/aromatic N) is 1. The highest BCUT2D eigenvalue weighted by molar-refractivity contribution is 5.99. The molecule has 3 rings (SSSR count). The summed E-state index contributed by atoms with van der Waals surface area (Å²) in [5, 5.41) is 9.38. The van der Waals surface area contributed by atoms with Gasteiger partial charge in [-0.1, -0.05) is 13.0 Å². The quantitative estimate of drug-likeness (QED) is 0.864. The lowest BCUT2D eigenvalue weighted by Gasteiger charge is -2.32. The molecular weight excluding hydrogens is 302 g/mol. The highest BCUT2D eigenvalue weighted by Crippen LogP contribution is 2.44. The Labute approximate surface area is 131 Å². The highest BCUT2D eigenvalue weighted by Gasteiger charge is 2.39. The van der Waals surface area contributed by atoms with E-state index in [9.17, 15) is 18.8 Å². The van der Waals surface area contributed by atoms with E-state index in [1.54, 1.807) is 0 Å². The molecule has 0 amide bonds. The maximum absolute atomic E-state index is 13.6. The molecule has 1 aliphatic carbocycles. The minimum atomic E-state index is -1.04. The number of allylic oxidation sites excluding steroid dienone is 3. The van der Waals surface area contributed by atoms with Crippen molar-refractivity contribution in [2.24, 2.45) is 11.7 Å². The molecule has 1 heterocycles. The van der Waals surface area contributed by atoms with Crippen LogP contribution in [0.25, 0.3) is 0 Å². The Balaban J connectivity index is 2.19. The van der Waals surface area contributed by atoms with Crippen LogP contribution in [0.4, 0.5) is 8.78 Å². The SMILES string of the molecule is CC1CC(=O)C2=C(C1)OC(N)=C(C#N)C2c1ccc(F)c(F)c1. The van der Waals surface area contributed by atoms with Crippen molar-refractivity contribution in [3.63, 3.8) is 0 Å². The molecule has 1 aromatic rings. The average Bonchev–Trinajstić information content (AvgIpc) is 2.48. The van der Waals surface area contributed by atoms with E-state index in [4.69, 9.17) is 10.5 Å². The van der Waals surface area contributed by atoms with Crippen molar-refractivity contribution in [2.45, 2.75) is 25.7 Å². The van der Waals surface area contributed by atoms with Crippen LogP contribution in [-0.4, -0.2) is 5.78 Å². The molecule has 0 aromatic heterocycles. The number of hydrogen-bond acceptors (Lipinski definition) is 4. The molecule has 0 saturated heterocycles. The van der Waals surface area contributed by atoms with Gasteiger partial charge in [0.25, 0.3) is 0 Å². The molecule has 0 fully saturated rings. The van der Waals surface area contributed by atoms with Crippen LogP contribution < -0.4 is 5.73 Å². The Morgan fingerprint density at radius 1 is 1.30 bits per heavy atom. The van der Waals surface area contributed by atoms with Crippen LogP contribution in [-0.2, 0) is 9.53 Å². The van der Waals surface area contributed by atoms with Crippen LogP contribution >= 0.6 is 0 Å². The standard InChI is InChI=1S/C17H14F2N2O2/c1-8-4-13(22)16-14(5-8)23-17(21)10(7-20)15(16)9-2-3-11(18)12(19)6-9/h2-3,6,8,15H,4-5,21H2,1H3. The molecule has 118 valence electrons. The maximum Gasteiger partial charge on any atom is 0.205 e. The summed E-state index contributed by atoms with van der Waals surface area (Å²) in [6.07, 6.45) is 0.835. The van der Waals surface area contributed by atoms with Gasteiger partial charge in [0, 0.05) is 18.4 Å². The van der Waals surface area contributed by atoms with Gasteiger partial charge >= 0.3 is 0 Å².